The number of hydrogen-bond acceptors (Lipinski definition) is 11. The summed E-state index contributed by atoms with van der Waals surface area (Å²) in [5.41, 5.74) is 0. The number of hydrogen-bond donors (Lipinski definition) is 7. The molecular weight excluding hydrogens is 320 g/mol. The quantitative estimate of drug-likeness (QED) is 0.194. The zero-order valence-electron chi connectivity index (χ0n) is 12.2. The van der Waals surface area contributed by atoms with Crippen LogP contribution < -0.4 is 0 Å². The molecule has 7 N–H and O–H groups in total. The molecule has 2 aliphatic heterocycles. The molecular formula is C12H22O11. The fourth-order valence-corrected chi connectivity index (χ4v) is 2.35. The van der Waals surface area contributed by atoms with Crippen molar-refractivity contribution in [3.05, 3.63) is 0 Å². The van der Waals surface area contributed by atoms with Gasteiger partial charge in [-0.2, -0.15) is 9.78 Å². The summed E-state index contributed by atoms with van der Waals surface area (Å²) in [6.45, 7) is 0.791. The normalized spacial score (nSPS) is 51.7. The van der Waals surface area contributed by atoms with Gasteiger partial charge in [-0.25, -0.2) is 0 Å². The van der Waals surface area contributed by atoms with E-state index in [-0.39, 0.29) is 0 Å². The maximum atomic E-state index is 9.75. The third-order valence-corrected chi connectivity index (χ3v) is 3.90. The molecule has 2 rings (SSSR count). The van der Waals surface area contributed by atoms with Crippen LogP contribution in [0.4, 0.5) is 0 Å². The minimum absolute atomic E-state index is 0.644. The highest BCUT2D eigenvalue weighted by Crippen LogP contribution is 2.25. The lowest BCUT2D eigenvalue weighted by Crippen LogP contribution is -2.60. The molecule has 11 heteroatoms. The van der Waals surface area contributed by atoms with Gasteiger partial charge in [-0.1, -0.05) is 0 Å². The average Bonchev–Trinajstić information content (AvgIpc) is 2.54. The van der Waals surface area contributed by atoms with Gasteiger partial charge in [-0.15, -0.1) is 0 Å². The highest BCUT2D eigenvalue weighted by molar-refractivity contribution is 4.89. The summed E-state index contributed by atoms with van der Waals surface area (Å²) in [6.07, 6.45) is -14.5. The maximum absolute atomic E-state index is 9.75. The van der Waals surface area contributed by atoms with Crippen LogP contribution in [0.2, 0.25) is 0 Å². The first-order valence-electron chi connectivity index (χ1n) is 7.10. The molecule has 23 heavy (non-hydrogen) atoms. The Bertz CT molecular complexity index is 380. The van der Waals surface area contributed by atoms with Gasteiger partial charge in [0.15, 0.2) is 0 Å². The summed E-state index contributed by atoms with van der Waals surface area (Å²) in [7, 11) is 0. The summed E-state index contributed by atoms with van der Waals surface area (Å²) in [5.74, 6) is 0. The number of ether oxygens (including phenoxy) is 2. The van der Waals surface area contributed by atoms with Crippen molar-refractivity contribution in [2.45, 2.75) is 68.3 Å². The van der Waals surface area contributed by atoms with Crippen molar-refractivity contribution in [3.63, 3.8) is 0 Å². The SMILES string of the molecule is C[C@H]1O[C@@H](OOC2O[C@H](CO)[C@H](O)[C@H](O)[C@H]2O)[C@H](O)[C@@H](O)[C@@H]1O. The second-order valence-corrected chi connectivity index (χ2v) is 5.57. The first-order valence-corrected chi connectivity index (χ1v) is 7.10. The smallest absolute Gasteiger partial charge is 0.220 e. The van der Waals surface area contributed by atoms with E-state index in [0.717, 1.165) is 0 Å². The summed E-state index contributed by atoms with van der Waals surface area (Å²) < 4.78 is 10.1. The summed E-state index contributed by atoms with van der Waals surface area (Å²) >= 11 is 0. The van der Waals surface area contributed by atoms with Crippen molar-refractivity contribution in [1.82, 2.24) is 0 Å². The lowest BCUT2D eigenvalue weighted by molar-refractivity contribution is -0.485. The maximum Gasteiger partial charge on any atom is 0.220 e. The Labute approximate surface area is 131 Å². The molecule has 0 saturated carbocycles. The Hall–Kier alpha value is -0.440. The number of aliphatic hydroxyl groups excluding tert-OH is 7. The molecule has 136 valence electrons. The van der Waals surface area contributed by atoms with E-state index >= 15 is 0 Å². The molecule has 0 aromatic rings. The van der Waals surface area contributed by atoms with Gasteiger partial charge in [0.05, 0.1) is 12.7 Å². The van der Waals surface area contributed by atoms with Crippen LogP contribution in [0.1, 0.15) is 6.92 Å². The van der Waals surface area contributed by atoms with Crippen molar-refractivity contribution < 1.29 is 55.0 Å². The lowest BCUT2D eigenvalue weighted by atomic mass is 9.99. The fraction of sp³-hybridized carbons (Fsp3) is 1.00. The average molecular weight is 342 g/mol. The standard InChI is InChI=1S/C12H22O11/c1-3-5(14)7(16)9(18)11(20-3)22-23-12-10(19)8(17)6(15)4(2-13)21-12/h3-19H,2H2,1H3/t3-,4-,5-,6+,7+,8+,9-,10-,11+,12?/m1/s1. The summed E-state index contributed by atoms with van der Waals surface area (Å²) in [6, 6.07) is 0. The molecule has 2 heterocycles. The van der Waals surface area contributed by atoms with Gasteiger partial charge in [-0.05, 0) is 6.92 Å². The van der Waals surface area contributed by atoms with Crippen molar-refractivity contribution in [1.29, 1.82) is 0 Å². The first-order chi connectivity index (χ1) is 10.8. The molecule has 2 saturated heterocycles. The van der Waals surface area contributed by atoms with Gasteiger partial charge in [0.25, 0.3) is 0 Å². The van der Waals surface area contributed by atoms with E-state index in [1.807, 2.05) is 0 Å². The van der Waals surface area contributed by atoms with Gasteiger partial charge < -0.3 is 45.2 Å². The summed E-state index contributed by atoms with van der Waals surface area (Å²) in [5, 5.41) is 66.9. The van der Waals surface area contributed by atoms with Crippen LogP contribution in [-0.4, -0.2) is 104 Å². The zero-order chi connectivity index (χ0) is 17.3. The molecule has 0 aliphatic carbocycles. The molecule has 0 aromatic heterocycles. The van der Waals surface area contributed by atoms with E-state index in [1.165, 1.54) is 6.92 Å². The topological polar surface area (TPSA) is 179 Å². The molecule has 2 fully saturated rings. The molecule has 1 unspecified atom stereocenters. The van der Waals surface area contributed by atoms with Crippen LogP contribution >= 0.6 is 0 Å². The van der Waals surface area contributed by atoms with Crippen LogP contribution in [0.25, 0.3) is 0 Å². The first kappa shape index (κ1) is 18.9. The van der Waals surface area contributed by atoms with Crippen molar-refractivity contribution >= 4 is 0 Å². The van der Waals surface area contributed by atoms with Gasteiger partial charge in [0.1, 0.15) is 42.7 Å². The highest BCUT2D eigenvalue weighted by atomic mass is 17.2. The van der Waals surface area contributed by atoms with Crippen molar-refractivity contribution in [3.8, 4) is 0 Å². The Morgan fingerprint density at radius 3 is 1.70 bits per heavy atom. The van der Waals surface area contributed by atoms with Crippen LogP contribution in [0.5, 0.6) is 0 Å². The molecule has 0 radical (unpaired) electrons. The van der Waals surface area contributed by atoms with Crippen LogP contribution in [0, 0.1) is 0 Å². The van der Waals surface area contributed by atoms with E-state index in [0.29, 0.717) is 0 Å². The second-order valence-electron chi connectivity index (χ2n) is 5.57. The minimum atomic E-state index is -1.69. The number of aliphatic hydroxyl groups is 7. The third kappa shape index (κ3) is 3.81. The molecule has 0 bridgehead atoms. The van der Waals surface area contributed by atoms with Gasteiger partial charge in [-0.3, -0.25) is 0 Å². The van der Waals surface area contributed by atoms with E-state index in [2.05, 4.69) is 0 Å². The predicted molar refractivity (Wildman–Crippen MR) is 68.3 cm³/mol. The minimum Gasteiger partial charge on any atom is -0.394 e. The second kappa shape index (κ2) is 7.63. The van der Waals surface area contributed by atoms with Gasteiger partial charge in [0, 0.05) is 0 Å². The molecule has 2 aliphatic rings. The van der Waals surface area contributed by atoms with E-state index in [1.54, 1.807) is 0 Å². The molecule has 0 spiro atoms. The Morgan fingerprint density at radius 2 is 1.17 bits per heavy atom. The number of rotatable bonds is 4. The van der Waals surface area contributed by atoms with Gasteiger partial charge in [0.2, 0.25) is 12.6 Å². The molecule has 0 amide bonds. The Balaban J connectivity index is 1.94. The molecule has 0 aromatic carbocycles. The third-order valence-electron chi connectivity index (χ3n) is 3.90. The van der Waals surface area contributed by atoms with Crippen LogP contribution in [0.3, 0.4) is 0 Å². The monoisotopic (exact) mass is 342 g/mol. The van der Waals surface area contributed by atoms with E-state index in [4.69, 9.17) is 24.4 Å². The fourth-order valence-electron chi connectivity index (χ4n) is 2.35. The zero-order valence-corrected chi connectivity index (χ0v) is 12.2. The summed E-state index contributed by atoms with van der Waals surface area (Å²) in [4.78, 5) is 9.52. The Kier molecular flexibility index (Phi) is 6.27. The highest BCUT2D eigenvalue weighted by Gasteiger charge is 2.47. The van der Waals surface area contributed by atoms with Crippen molar-refractivity contribution in [2.75, 3.05) is 6.61 Å². The predicted octanol–water partition coefficient (Wildman–Crippen LogP) is -4.44. The van der Waals surface area contributed by atoms with E-state index < -0.39 is 68.0 Å². The lowest BCUT2D eigenvalue weighted by Gasteiger charge is -2.41. The van der Waals surface area contributed by atoms with Crippen LogP contribution in [-0.2, 0) is 19.2 Å². The Morgan fingerprint density at radius 1 is 0.696 bits per heavy atom. The van der Waals surface area contributed by atoms with E-state index in [9.17, 15) is 30.6 Å². The van der Waals surface area contributed by atoms with Gasteiger partial charge >= 0.3 is 0 Å². The van der Waals surface area contributed by atoms with Crippen molar-refractivity contribution in [2.24, 2.45) is 0 Å². The molecule has 11 nitrogen and oxygen atoms in total. The molecule has 10 atom stereocenters. The van der Waals surface area contributed by atoms with Crippen LogP contribution in [0.15, 0.2) is 0 Å². The largest absolute Gasteiger partial charge is 0.394 e.